The third-order valence-corrected chi connectivity index (χ3v) is 4.64. The van der Waals surface area contributed by atoms with E-state index < -0.39 is 11.9 Å². The average molecular weight is 371 g/mol. The molecule has 3 rings (SSSR count). The fraction of sp³-hybridized carbons (Fsp3) is 0.294. The Hall–Kier alpha value is -2.81. The van der Waals surface area contributed by atoms with E-state index in [1.165, 1.54) is 18.0 Å². The fourth-order valence-corrected chi connectivity index (χ4v) is 3.17. The van der Waals surface area contributed by atoms with Crippen LogP contribution in [0.5, 0.6) is 0 Å². The number of amides is 1. The van der Waals surface area contributed by atoms with E-state index in [-0.39, 0.29) is 29.1 Å². The summed E-state index contributed by atoms with van der Waals surface area (Å²) in [5.74, 6) is -0.761. The summed E-state index contributed by atoms with van der Waals surface area (Å²) < 4.78 is 4.89. The SMILES string of the molecule is CCOC(=O)c1cnc(SC(C)C2=NC(=O)C3C=CC=CC3=N2)nc1N. The number of anilines is 1. The molecule has 0 fully saturated rings. The Labute approximate surface area is 154 Å². The number of rotatable bonds is 5. The molecule has 2 N–H and O–H groups in total. The standard InChI is InChI=1S/C17H17N5O3S/c1-3-25-16(24)11-8-19-17(21-13(11)18)26-9(2)14-20-12-7-5-4-6-10(12)15(23)22-14/h4-10H,3H2,1-2H3,(H2,18,19,21). The Bertz CT molecular complexity index is 875. The molecule has 2 unspecified atom stereocenters. The van der Waals surface area contributed by atoms with Crippen LogP contribution in [0.25, 0.3) is 0 Å². The van der Waals surface area contributed by atoms with Crippen molar-refractivity contribution < 1.29 is 14.3 Å². The molecule has 0 radical (unpaired) electrons. The number of nitrogens with zero attached hydrogens (tertiary/aromatic N) is 4. The van der Waals surface area contributed by atoms with E-state index >= 15 is 0 Å². The van der Waals surface area contributed by atoms with Gasteiger partial charge >= 0.3 is 5.97 Å². The average Bonchev–Trinajstić information content (AvgIpc) is 2.62. The number of carbonyl (C=O) groups is 2. The number of hydrogen-bond acceptors (Lipinski definition) is 8. The van der Waals surface area contributed by atoms with E-state index in [0.29, 0.717) is 16.7 Å². The molecule has 2 aliphatic rings. The Morgan fingerprint density at radius 2 is 2.19 bits per heavy atom. The van der Waals surface area contributed by atoms with Gasteiger partial charge in [-0.15, -0.1) is 0 Å². The van der Waals surface area contributed by atoms with Gasteiger partial charge < -0.3 is 10.5 Å². The van der Waals surface area contributed by atoms with Gasteiger partial charge in [0.2, 0.25) is 0 Å². The Morgan fingerprint density at radius 3 is 2.92 bits per heavy atom. The fourth-order valence-electron chi connectivity index (χ4n) is 2.38. The van der Waals surface area contributed by atoms with Gasteiger partial charge in [-0.1, -0.05) is 30.0 Å². The molecule has 9 heteroatoms. The second-order valence-corrected chi connectivity index (χ2v) is 6.81. The lowest BCUT2D eigenvalue weighted by atomic mass is 9.96. The van der Waals surface area contributed by atoms with Crippen LogP contribution in [0.15, 0.2) is 45.6 Å². The summed E-state index contributed by atoms with van der Waals surface area (Å²) in [7, 11) is 0. The summed E-state index contributed by atoms with van der Waals surface area (Å²) in [4.78, 5) is 40.7. The topological polar surface area (TPSA) is 120 Å². The van der Waals surface area contributed by atoms with Crippen LogP contribution in [0.1, 0.15) is 24.2 Å². The lowest BCUT2D eigenvalue weighted by Gasteiger charge is -2.20. The molecule has 0 spiro atoms. The van der Waals surface area contributed by atoms with E-state index in [4.69, 9.17) is 10.5 Å². The molecule has 26 heavy (non-hydrogen) atoms. The van der Waals surface area contributed by atoms with Gasteiger partial charge in [0.25, 0.3) is 5.91 Å². The van der Waals surface area contributed by atoms with Crippen LogP contribution >= 0.6 is 11.8 Å². The van der Waals surface area contributed by atoms with Crippen LogP contribution in [0.2, 0.25) is 0 Å². The number of nitrogen functional groups attached to an aromatic ring is 1. The molecule has 2 heterocycles. The molecular weight excluding hydrogens is 354 g/mol. The summed E-state index contributed by atoms with van der Waals surface area (Å²) in [6.45, 7) is 3.80. The van der Waals surface area contributed by atoms with Crippen molar-refractivity contribution in [3.63, 3.8) is 0 Å². The largest absolute Gasteiger partial charge is 0.462 e. The van der Waals surface area contributed by atoms with Gasteiger partial charge in [-0.25, -0.2) is 19.8 Å². The highest BCUT2D eigenvalue weighted by molar-refractivity contribution is 8.00. The van der Waals surface area contributed by atoms with Crippen molar-refractivity contribution in [2.75, 3.05) is 12.3 Å². The minimum atomic E-state index is -0.563. The molecule has 0 aromatic carbocycles. The van der Waals surface area contributed by atoms with Crippen LogP contribution in [-0.2, 0) is 9.53 Å². The van der Waals surface area contributed by atoms with Gasteiger partial charge in [0.05, 0.1) is 17.6 Å². The van der Waals surface area contributed by atoms with Gasteiger partial charge in [0.1, 0.15) is 23.1 Å². The zero-order valence-electron chi connectivity index (χ0n) is 14.2. The maximum absolute atomic E-state index is 12.2. The predicted octanol–water partition coefficient (Wildman–Crippen LogP) is 1.84. The molecule has 1 aliphatic carbocycles. The number of hydrogen-bond donors (Lipinski definition) is 1. The lowest BCUT2D eigenvalue weighted by molar-refractivity contribution is -0.118. The molecule has 0 saturated carbocycles. The van der Waals surface area contributed by atoms with Gasteiger partial charge in [-0.05, 0) is 19.9 Å². The zero-order valence-corrected chi connectivity index (χ0v) is 15.1. The van der Waals surface area contributed by atoms with E-state index in [2.05, 4.69) is 20.0 Å². The summed E-state index contributed by atoms with van der Waals surface area (Å²) >= 11 is 1.25. The summed E-state index contributed by atoms with van der Waals surface area (Å²) in [6.07, 6.45) is 8.55. The Kier molecular flexibility index (Phi) is 5.27. The molecule has 8 nitrogen and oxygen atoms in total. The van der Waals surface area contributed by atoms with Gasteiger partial charge in [-0.3, -0.25) is 4.79 Å². The van der Waals surface area contributed by atoms with Crippen molar-refractivity contribution in [3.8, 4) is 0 Å². The quantitative estimate of drug-likeness (QED) is 0.476. The summed E-state index contributed by atoms with van der Waals surface area (Å²) in [6, 6.07) is 0. The highest BCUT2D eigenvalue weighted by atomic mass is 32.2. The first kappa shape index (κ1) is 18.0. The lowest BCUT2D eigenvalue weighted by Crippen LogP contribution is -2.30. The van der Waals surface area contributed by atoms with Gasteiger partial charge in [-0.2, -0.15) is 4.99 Å². The maximum Gasteiger partial charge on any atom is 0.343 e. The molecular formula is C17H17N5O3S. The number of nitrogens with two attached hydrogens (primary N) is 1. The normalized spacial score (nSPS) is 19.5. The smallest absolute Gasteiger partial charge is 0.343 e. The number of ether oxygens (including phenoxy) is 1. The van der Waals surface area contributed by atoms with Crippen molar-refractivity contribution >= 4 is 41.0 Å². The first-order chi connectivity index (χ1) is 12.5. The van der Waals surface area contributed by atoms with Crippen molar-refractivity contribution in [1.82, 2.24) is 9.97 Å². The third-order valence-electron chi connectivity index (χ3n) is 3.67. The number of carbonyl (C=O) groups excluding carboxylic acids is 2. The van der Waals surface area contributed by atoms with Gasteiger partial charge in [0, 0.05) is 6.20 Å². The first-order valence-electron chi connectivity index (χ1n) is 8.01. The molecule has 2 atom stereocenters. The number of allylic oxidation sites excluding steroid dienone is 3. The second-order valence-electron chi connectivity index (χ2n) is 5.50. The molecule has 1 aliphatic heterocycles. The Balaban J connectivity index is 1.75. The summed E-state index contributed by atoms with van der Waals surface area (Å²) in [5.41, 5.74) is 6.62. The molecule has 0 bridgehead atoms. The van der Waals surface area contributed by atoms with Crippen LogP contribution in [0, 0.1) is 5.92 Å². The highest BCUT2D eigenvalue weighted by Gasteiger charge is 2.28. The molecule has 1 aromatic rings. The number of amidine groups is 1. The molecule has 0 saturated heterocycles. The van der Waals surface area contributed by atoms with Gasteiger partial charge in [0.15, 0.2) is 5.16 Å². The number of esters is 1. The second kappa shape index (κ2) is 7.61. The number of aromatic nitrogens is 2. The van der Waals surface area contributed by atoms with Crippen molar-refractivity contribution in [2.45, 2.75) is 24.3 Å². The van der Waals surface area contributed by atoms with Crippen LogP contribution in [0.3, 0.4) is 0 Å². The Morgan fingerprint density at radius 1 is 1.38 bits per heavy atom. The summed E-state index contributed by atoms with van der Waals surface area (Å²) in [5, 5.41) is 0.0964. The molecule has 134 valence electrons. The number of aliphatic imine (C=N–C) groups is 2. The molecule has 1 aromatic heterocycles. The minimum Gasteiger partial charge on any atom is -0.462 e. The highest BCUT2D eigenvalue weighted by Crippen LogP contribution is 2.26. The first-order valence-corrected chi connectivity index (χ1v) is 8.89. The van der Waals surface area contributed by atoms with Crippen LogP contribution < -0.4 is 5.73 Å². The van der Waals surface area contributed by atoms with E-state index in [1.54, 1.807) is 19.1 Å². The zero-order chi connectivity index (χ0) is 18.7. The maximum atomic E-state index is 12.2. The van der Waals surface area contributed by atoms with Crippen molar-refractivity contribution in [3.05, 3.63) is 36.1 Å². The van der Waals surface area contributed by atoms with E-state index in [9.17, 15) is 9.59 Å². The number of fused-ring (bicyclic) bond motifs is 1. The van der Waals surface area contributed by atoms with E-state index in [0.717, 1.165) is 0 Å². The van der Waals surface area contributed by atoms with Crippen molar-refractivity contribution in [1.29, 1.82) is 0 Å². The monoisotopic (exact) mass is 371 g/mol. The number of thioether (sulfide) groups is 1. The predicted molar refractivity (Wildman–Crippen MR) is 99.4 cm³/mol. The van der Waals surface area contributed by atoms with Crippen LogP contribution in [-0.4, -0.2) is 45.2 Å². The third kappa shape index (κ3) is 3.72. The molecule has 1 amide bonds. The van der Waals surface area contributed by atoms with E-state index in [1.807, 2.05) is 19.1 Å². The minimum absolute atomic E-state index is 0.0431. The van der Waals surface area contributed by atoms with Crippen LogP contribution in [0.4, 0.5) is 5.82 Å². The van der Waals surface area contributed by atoms with Crippen molar-refractivity contribution in [2.24, 2.45) is 15.9 Å².